The maximum Gasteiger partial charge on any atom is 0.0659 e. The van der Waals surface area contributed by atoms with Crippen LogP contribution in [0.4, 0.5) is 0 Å². The maximum atomic E-state index is 5.67. The van der Waals surface area contributed by atoms with E-state index in [1.807, 2.05) is 16.3 Å². The van der Waals surface area contributed by atoms with Gasteiger partial charge < -0.3 is 0 Å². The first-order chi connectivity index (χ1) is 6.25. The molecular weight excluding hydrogens is 295 g/mol. The lowest BCUT2D eigenvalue weighted by Gasteiger charge is -2.20. The summed E-state index contributed by atoms with van der Waals surface area (Å²) in [4.78, 5) is 1.40. The van der Waals surface area contributed by atoms with Gasteiger partial charge in [0.05, 0.1) is 2.88 Å². The van der Waals surface area contributed by atoms with Crippen LogP contribution in [-0.4, -0.2) is 18.1 Å². The van der Waals surface area contributed by atoms with E-state index in [4.69, 9.17) is 5.84 Å². The Morgan fingerprint density at radius 2 is 2.31 bits per heavy atom. The highest BCUT2D eigenvalue weighted by Gasteiger charge is 2.10. The van der Waals surface area contributed by atoms with Crippen LogP contribution in [0, 0.1) is 2.88 Å². The van der Waals surface area contributed by atoms with Gasteiger partial charge in [-0.1, -0.05) is 6.08 Å². The normalized spacial score (nSPS) is 18.8. The number of halogens is 1. The van der Waals surface area contributed by atoms with Crippen molar-refractivity contribution in [1.29, 1.82) is 0 Å². The molecule has 0 fully saturated rings. The van der Waals surface area contributed by atoms with Crippen LogP contribution in [0.1, 0.15) is 11.3 Å². The molecule has 2 nitrogen and oxygen atoms in total. The molecule has 13 heavy (non-hydrogen) atoms. The summed E-state index contributed by atoms with van der Waals surface area (Å²) in [5, 5.41) is 1.85. The second-order valence-corrected chi connectivity index (χ2v) is 6.06. The number of hydrogen-bond acceptors (Lipinski definition) is 3. The third kappa shape index (κ3) is 2.31. The minimum Gasteiger partial charge on any atom is -0.268 e. The Hall–Kier alpha value is 0.0900. The van der Waals surface area contributed by atoms with E-state index in [9.17, 15) is 0 Å². The van der Waals surface area contributed by atoms with Gasteiger partial charge in [0.2, 0.25) is 0 Å². The summed E-state index contributed by atoms with van der Waals surface area (Å²) < 4.78 is 1.35. The van der Waals surface area contributed by atoms with Crippen molar-refractivity contribution in [2.24, 2.45) is 5.84 Å². The molecule has 1 aliphatic heterocycles. The van der Waals surface area contributed by atoms with Crippen molar-refractivity contribution in [2.45, 2.75) is 6.42 Å². The molecule has 0 aliphatic carbocycles. The number of nitrogens with two attached hydrogens (primary N) is 1. The van der Waals surface area contributed by atoms with Gasteiger partial charge in [-0.15, -0.1) is 11.3 Å². The molecule has 1 aliphatic rings. The van der Waals surface area contributed by atoms with Crippen LogP contribution in [0.25, 0.3) is 5.57 Å². The molecule has 0 radical (unpaired) electrons. The summed E-state index contributed by atoms with van der Waals surface area (Å²) in [6.45, 7) is 1.85. The van der Waals surface area contributed by atoms with Gasteiger partial charge in [0.25, 0.3) is 0 Å². The predicted octanol–water partition coefficient (Wildman–Crippen LogP) is 2.32. The fraction of sp³-hybridized carbons (Fsp3) is 0.333. The SMILES string of the molecule is NN1CC=C(c2ccc(I)s2)CC1. The molecule has 70 valence electrons. The average molecular weight is 306 g/mol. The predicted molar refractivity (Wildman–Crippen MR) is 65.4 cm³/mol. The van der Waals surface area contributed by atoms with Gasteiger partial charge in [0, 0.05) is 18.0 Å². The molecule has 0 amide bonds. The topological polar surface area (TPSA) is 29.3 Å². The zero-order chi connectivity index (χ0) is 9.26. The van der Waals surface area contributed by atoms with Gasteiger partial charge in [0.15, 0.2) is 0 Å². The van der Waals surface area contributed by atoms with E-state index < -0.39 is 0 Å². The van der Waals surface area contributed by atoms with Crippen molar-refractivity contribution in [3.8, 4) is 0 Å². The van der Waals surface area contributed by atoms with Gasteiger partial charge in [-0.2, -0.15) is 0 Å². The molecule has 0 saturated heterocycles. The van der Waals surface area contributed by atoms with Crippen molar-refractivity contribution in [2.75, 3.05) is 13.1 Å². The van der Waals surface area contributed by atoms with Crippen LogP contribution >= 0.6 is 33.9 Å². The number of hydrogen-bond donors (Lipinski definition) is 1. The molecule has 0 spiro atoms. The van der Waals surface area contributed by atoms with Crippen LogP contribution in [-0.2, 0) is 0 Å². The van der Waals surface area contributed by atoms with Crippen molar-refractivity contribution in [3.05, 3.63) is 26.0 Å². The summed E-state index contributed by atoms with van der Waals surface area (Å²) >= 11 is 4.21. The fourth-order valence-electron chi connectivity index (χ4n) is 1.40. The van der Waals surface area contributed by atoms with Crippen LogP contribution in [0.3, 0.4) is 0 Å². The lowest BCUT2D eigenvalue weighted by molar-refractivity contribution is 0.314. The lowest BCUT2D eigenvalue weighted by Crippen LogP contribution is -2.34. The van der Waals surface area contributed by atoms with Crippen molar-refractivity contribution < 1.29 is 0 Å². The Morgan fingerprint density at radius 1 is 1.46 bits per heavy atom. The van der Waals surface area contributed by atoms with E-state index in [0.29, 0.717) is 0 Å². The van der Waals surface area contributed by atoms with Crippen molar-refractivity contribution in [3.63, 3.8) is 0 Å². The maximum absolute atomic E-state index is 5.67. The van der Waals surface area contributed by atoms with Gasteiger partial charge in [-0.25, -0.2) is 5.01 Å². The van der Waals surface area contributed by atoms with Crippen LogP contribution in [0.15, 0.2) is 18.2 Å². The Bertz CT molecular complexity index is 332. The first-order valence-electron chi connectivity index (χ1n) is 4.20. The van der Waals surface area contributed by atoms with Crippen molar-refractivity contribution >= 4 is 39.5 Å². The van der Waals surface area contributed by atoms with E-state index in [1.54, 1.807) is 0 Å². The standard InChI is InChI=1S/C9H11IN2S/c10-9-2-1-8(13-9)7-3-5-12(11)6-4-7/h1-3H,4-6,11H2. The molecular formula is C9H11IN2S. The summed E-state index contributed by atoms with van der Waals surface area (Å²) in [6, 6.07) is 4.36. The number of thiophene rings is 1. The van der Waals surface area contributed by atoms with E-state index in [-0.39, 0.29) is 0 Å². The molecule has 0 aromatic carbocycles. The molecule has 0 saturated carbocycles. The highest BCUT2D eigenvalue weighted by molar-refractivity contribution is 14.1. The first kappa shape index (κ1) is 9.64. The Balaban J connectivity index is 2.18. The van der Waals surface area contributed by atoms with E-state index in [2.05, 4.69) is 40.8 Å². The molecule has 0 bridgehead atoms. The number of hydrazine groups is 1. The van der Waals surface area contributed by atoms with E-state index in [1.165, 1.54) is 13.3 Å². The van der Waals surface area contributed by atoms with E-state index >= 15 is 0 Å². The Kier molecular flexibility index (Phi) is 3.02. The highest BCUT2D eigenvalue weighted by Crippen LogP contribution is 2.28. The number of nitrogens with zero attached hydrogens (tertiary/aromatic N) is 1. The second-order valence-electron chi connectivity index (χ2n) is 3.08. The smallest absolute Gasteiger partial charge is 0.0659 e. The van der Waals surface area contributed by atoms with Gasteiger partial charge in [-0.3, -0.25) is 5.84 Å². The van der Waals surface area contributed by atoms with Crippen LogP contribution < -0.4 is 5.84 Å². The molecule has 2 N–H and O–H groups in total. The highest BCUT2D eigenvalue weighted by atomic mass is 127. The monoisotopic (exact) mass is 306 g/mol. The van der Waals surface area contributed by atoms with Crippen LogP contribution in [0.2, 0.25) is 0 Å². The largest absolute Gasteiger partial charge is 0.268 e. The summed E-state index contributed by atoms with van der Waals surface area (Å²) in [5.74, 6) is 5.67. The van der Waals surface area contributed by atoms with Gasteiger partial charge in [0.1, 0.15) is 0 Å². The Labute approximate surface area is 95.5 Å². The quantitative estimate of drug-likeness (QED) is 0.637. The van der Waals surface area contributed by atoms with E-state index in [0.717, 1.165) is 19.5 Å². The zero-order valence-corrected chi connectivity index (χ0v) is 10.1. The second kappa shape index (κ2) is 4.08. The van der Waals surface area contributed by atoms with Crippen molar-refractivity contribution in [1.82, 2.24) is 5.01 Å². The molecule has 4 heteroatoms. The molecule has 2 heterocycles. The number of rotatable bonds is 1. The van der Waals surface area contributed by atoms with Gasteiger partial charge >= 0.3 is 0 Å². The van der Waals surface area contributed by atoms with Crippen LogP contribution in [0.5, 0.6) is 0 Å². The summed E-state index contributed by atoms with van der Waals surface area (Å²) in [5.41, 5.74) is 1.45. The minimum atomic E-state index is 0.879. The first-order valence-corrected chi connectivity index (χ1v) is 6.09. The van der Waals surface area contributed by atoms with Gasteiger partial charge in [-0.05, 0) is 46.7 Å². The molecule has 0 atom stereocenters. The summed E-state index contributed by atoms with van der Waals surface area (Å²) in [6.07, 6.45) is 3.30. The molecule has 1 aromatic heterocycles. The summed E-state index contributed by atoms with van der Waals surface area (Å²) in [7, 11) is 0. The third-order valence-corrected chi connectivity index (χ3v) is 4.10. The molecule has 2 rings (SSSR count). The Morgan fingerprint density at radius 3 is 2.85 bits per heavy atom. The zero-order valence-electron chi connectivity index (χ0n) is 7.16. The lowest BCUT2D eigenvalue weighted by atomic mass is 10.1. The minimum absolute atomic E-state index is 0.879. The average Bonchev–Trinajstić information content (AvgIpc) is 2.53. The fourth-order valence-corrected chi connectivity index (χ4v) is 3.09. The molecule has 1 aromatic rings. The third-order valence-electron chi connectivity index (χ3n) is 2.13. The molecule has 0 unspecified atom stereocenters.